The molecule has 1 rings (SSSR count). The molecule has 0 spiro atoms. The number of aliphatic hydroxyl groups is 1. The summed E-state index contributed by atoms with van der Waals surface area (Å²) in [5.41, 5.74) is -0.946. The number of aliphatic carboxylic acids is 1. The van der Waals surface area contributed by atoms with Crippen LogP contribution in [-0.2, 0) is 9.59 Å². The van der Waals surface area contributed by atoms with Gasteiger partial charge in [-0.3, -0.25) is 9.59 Å². The maximum atomic E-state index is 11.6. The molecule has 0 saturated heterocycles. The second-order valence-electron chi connectivity index (χ2n) is 4.79. The number of likely N-dealkylation sites (N-methyl/N-ethyl adjacent to an activating group) is 1. The van der Waals surface area contributed by atoms with E-state index in [4.69, 9.17) is 5.11 Å². The minimum absolute atomic E-state index is 0.190. The lowest BCUT2D eigenvalue weighted by Gasteiger charge is -2.25. The molecule has 15 heavy (non-hydrogen) atoms. The van der Waals surface area contributed by atoms with Crippen LogP contribution >= 0.6 is 0 Å². The van der Waals surface area contributed by atoms with Crippen LogP contribution in [0.1, 0.15) is 20.3 Å². The summed E-state index contributed by atoms with van der Waals surface area (Å²) in [4.78, 5) is 23.6. The van der Waals surface area contributed by atoms with Gasteiger partial charge in [-0.25, -0.2) is 0 Å². The number of rotatable bonds is 4. The van der Waals surface area contributed by atoms with Gasteiger partial charge in [-0.15, -0.1) is 0 Å². The van der Waals surface area contributed by atoms with E-state index in [-0.39, 0.29) is 12.5 Å². The summed E-state index contributed by atoms with van der Waals surface area (Å²) in [7, 11) is 1.58. The summed E-state index contributed by atoms with van der Waals surface area (Å²) in [5, 5.41) is 18.2. The van der Waals surface area contributed by atoms with Crippen LogP contribution in [0.5, 0.6) is 0 Å². The Morgan fingerprint density at radius 3 is 2.27 bits per heavy atom. The number of hydrogen-bond acceptors (Lipinski definition) is 3. The number of nitrogens with zero attached hydrogens (tertiary/aromatic N) is 1. The average Bonchev–Trinajstić information content (AvgIpc) is 2.77. The first-order valence-electron chi connectivity index (χ1n) is 4.92. The molecular weight excluding hydrogens is 198 g/mol. The van der Waals surface area contributed by atoms with E-state index >= 15 is 0 Å². The highest BCUT2D eigenvalue weighted by molar-refractivity contribution is 5.89. The number of hydrogen-bond donors (Lipinski definition) is 2. The second-order valence-corrected chi connectivity index (χ2v) is 4.79. The van der Waals surface area contributed by atoms with Crippen LogP contribution in [0.2, 0.25) is 0 Å². The van der Waals surface area contributed by atoms with Crippen molar-refractivity contribution in [1.82, 2.24) is 4.90 Å². The van der Waals surface area contributed by atoms with E-state index in [1.165, 1.54) is 4.90 Å². The van der Waals surface area contributed by atoms with E-state index in [1.807, 2.05) is 0 Å². The molecule has 0 aliphatic heterocycles. The zero-order chi connectivity index (χ0) is 11.8. The van der Waals surface area contributed by atoms with Crippen molar-refractivity contribution in [2.75, 3.05) is 13.6 Å². The lowest BCUT2D eigenvalue weighted by atomic mass is 10.1. The monoisotopic (exact) mass is 215 g/mol. The lowest BCUT2D eigenvalue weighted by Crippen LogP contribution is -2.40. The molecule has 1 saturated carbocycles. The topological polar surface area (TPSA) is 77.8 Å². The first kappa shape index (κ1) is 12.0. The predicted octanol–water partition coefficient (Wildman–Crippen LogP) is -0.0636. The fraction of sp³-hybridized carbons (Fsp3) is 0.800. The highest BCUT2D eigenvalue weighted by Crippen LogP contribution is 2.39. The highest BCUT2D eigenvalue weighted by Gasteiger charge is 2.49. The zero-order valence-electron chi connectivity index (χ0n) is 9.23. The molecule has 2 N–H and O–H groups in total. The van der Waals surface area contributed by atoms with Gasteiger partial charge in [-0.1, -0.05) is 0 Å². The maximum absolute atomic E-state index is 11.6. The van der Waals surface area contributed by atoms with Crippen LogP contribution in [0.3, 0.4) is 0 Å². The van der Waals surface area contributed by atoms with Crippen LogP contribution in [0.4, 0.5) is 0 Å². The summed E-state index contributed by atoms with van der Waals surface area (Å²) in [6.45, 7) is 3.44. The fourth-order valence-electron chi connectivity index (χ4n) is 1.68. The van der Waals surface area contributed by atoms with Gasteiger partial charge < -0.3 is 15.1 Å². The Hall–Kier alpha value is -1.10. The van der Waals surface area contributed by atoms with Gasteiger partial charge in [0.1, 0.15) is 0 Å². The Bertz CT molecular complexity index is 282. The molecule has 86 valence electrons. The van der Waals surface area contributed by atoms with Crippen molar-refractivity contribution in [3.05, 3.63) is 0 Å². The Morgan fingerprint density at radius 2 is 1.93 bits per heavy atom. The molecule has 1 aliphatic rings. The van der Waals surface area contributed by atoms with Gasteiger partial charge in [0.15, 0.2) is 0 Å². The molecule has 0 unspecified atom stereocenters. The fourth-order valence-corrected chi connectivity index (χ4v) is 1.68. The molecule has 0 aromatic heterocycles. The number of carbonyl (C=O) groups is 2. The normalized spacial score (nSPS) is 24.8. The molecule has 5 heteroatoms. The Morgan fingerprint density at radius 1 is 1.40 bits per heavy atom. The minimum atomic E-state index is -0.946. The standard InChI is InChI=1S/C10H17NO4/c1-10(2,15)5-11(3)8(12)6-4-7(6)9(13)14/h6-7,15H,4-5H2,1-3H3,(H,13,14)/t6-,7+/m1/s1. The summed E-state index contributed by atoms with van der Waals surface area (Å²) < 4.78 is 0. The predicted molar refractivity (Wildman–Crippen MR) is 53.2 cm³/mol. The Balaban J connectivity index is 2.46. The molecule has 1 aliphatic carbocycles. The van der Waals surface area contributed by atoms with E-state index in [9.17, 15) is 14.7 Å². The van der Waals surface area contributed by atoms with E-state index in [0.717, 1.165) is 0 Å². The molecule has 0 radical (unpaired) electrons. The van der Waals surface area contributed by atoms with Crippen LogP contribution in [0.25, 0.3) is 0 Å². The van der Waals surface area contributed by atoms with Crippen molar-refractivity contribution in [2.45, 2.75) is 25.9 Å². The molecule has 0 aromatic carbocycles. The molecule has 2 atom stereocenters. The molecule has 0 bridgehead atoms. The summed E-state index contributed by atoms with van der Waals surface area (Å²) >= 11 is 0. The molecule has 0 heterocycles. The van der Waals surface area contributed by atoms with Crippen molar-refractivity contribution in [1.29, 1.82) is 0 Å². The third kappa shape index (κ3) is 3.20. The number of carboxylic acids is 1. The number of carbonyl (C=O) groups excluding carboxylic acids is 1. The summed E-state index contributed by atoms with van der Waals surface area (Å²) in [6, 6.07) is 0. The Labute approximate surface area is 88.7 Å². The molecule has 1 fully saturated rings. The van der Waals surface area contributed by atoms with Crippen molar-refractivity contribution in [2.24, 2.45) is 11.8 Å². The van der Waals surface area contributed by atoms with Crippen molar-refractivity contribution in [3.8, 4) is 0 Å². The maximum Gasteiger partial charge on any atom is 0.307 e. The number of carboxylic acid groups (broad SMARTS) is 1. The molecule has 5 nitrogen and oxygen atoms in total. The first-order chi connectivity index (χ1) is 6.72. The van der Waals surface area contributed by atoms with Gasteiger partial charge >= 0.3 is 5.97 Å². The van der Waals surface area contributed by atoms with Crippen LogP contribution in [-0.4, -0.2) is 46.2 Å². The van der Waals surface area contributed by atoms with Gasteiger partial charge in [0.25, 0.3) is 0 Å². The minimum Gasteiger partial charge on any atom is -0.481 e. The smallest absolute Gasteiger partial charge is 0.307 e. The third-order valence-electron chi connectivity index (χ3n) is 2.43. The van der Waals surface area contributed by atoms with Crippen LogP contribution in [0.15, 0.2) is 0 Å². The lowest BCUT2D eigenvalue weighted by molar-refractivity contribution is -0.142. The third-order valence-corrected chi connectivity index (χ3v) is 2.43. The van der Waals surface area contributed by atoms with Crippen molar-refractivity contribution < 1.29 is 19.8 Å². The van der Waals surface area contributed by atoms with E-state index in [0.29, 0.717) is 6.42 Å². The second kappa shape index (κ2) is 3.81. The van der Waals surface area contributed by atoms with Gasteiger partial charge in [0, 0.05) is 13.6 Å². The molecular formula is C10H17NO4. The molecule has 0 aromatic rings. The highest BCUT2D eigenvalue weighted by atomic mass is 16.4. The van der Waals surface area contributed by atoms with E-state index in [2.05, 4.69) is 0 Å². The Kier molecular flexibility index (Phi) is 3.04. The van der Waals surface area contributed by atoms with E-state index in [1.54, 1.807) is 20.9 Å². The average molecular weight is 215 g/mol. The van der Waals surface area contributed by atoms with Gasteiger partial charge in [0.05, 0.1) is 17.4 Å². The first-order valence-corrected chi connectivity index (χ1v) is 4.92. The number of amides is 1. The largest absolute Gasteiger partial charge is 0.481 e. The van der Waals surface area contributed by atoms with Crippen LogP contribution in [0, 0.1) is 11.8 Å². The molecule has 1 amide bonds. The quantitative estimate of drug-likeness (QED) is 0.688. The summed E-state index contributed by atoms with van der Waals surface area (Å²) in [5.74, 6) is -2.02. The zero-order valence-corrected chi connectivity index (χ0v) is 9.23. The van der Waals surface area contributed by atoms with Gasteiger partial charge in [-0.2, -0.15) is 0 Å². The van der Waals surface area contributed by atoms with Gasteiger partial charge in [0.2, 0.25) is 5.91 Å². The van der Waals surface area contributed by atoms with Crippen molar-refractivity contribution >= 4 is 11.9 Å². The summed E-state index contributed by atoms with van der Waals surface area (Å²) in [6.07, 6.45) is 0.421. The SMILES string of the molecule is CN(CC(C)(C)O)C(=O)[C@@H]1C[C@@H]1C(=O)O. The van der Waals surface area contributed by atoms with Gasteiger partial charge in [-0.05, 0) is 20.3 Å². The van der Waals surface area contributed by atoms with E-state index < -0.39 is 23.4 Å². The van der Waals surface area contributed by atoms with Crippen molar-refractivity contribution in [3.63, 3.8) is 0 Å². The van der Waals surface area contributed by atoms with Crippen LogP contribution < -0.4 is 0 Å².